The van der Waals surface area contributed by atoms with E-state index in [9.17, 15) is 0 Å². The monoisotopic (exact) mass is 288 g/mol. The number of nitrogens with zero attached hydrogens (tertiary/aromatic N) is 1. The van der Waals surface area contributed by atoms with E-state index < -0.39 is 0 Å². The molecule has 1 aliphatic heterocycles. The predicted molar refractivity (Wildman–Crippen MR) is 87.9 cm³/mol. The first-order chi connectivity index (χ1) is 10.1. The lowest BCUT2D eigenvalue weighted by molar-refractivity contribution is 0.122. The first-order valence-corrected chi connectivity index (χ1v) is 8.24. The molecule has 1 aromatic rings. The molecule has 0 unspecified atom stereocenters. The van der Waals surface area contributed by atoms with Crippen LogP contribution in [0.15, 0.2) is 18.2 Å². The molecule has 1 N–H and O–H groups in total. The van der Waals surface area contributed by atoms with Crippen molar-refractivity contribution in [3.05, 3.63) is 23.8 Å². The average molecular weight is 288 g/mol. The summed E-state index contributed by atoms with van der Waals surface area (Å²) in [4.78, 5) is 2.52. The molecule has 3 nitrogen and oxygen atoms in total. The van der Waals surface area contributed by atoms with Gasteiger partial charge in [0.15, 0.2) is 0 Å². The molecule has 116 valence electrons. The number of fused-ring (bicyclic) bond motifs is 1. The van der Waals surface area contributed by atoms with Gasteiger partial charge in [0, 0.05) is 24.7 Å². The number of hydrogen-bond donors (Lipinski definition) is 1. The molecule has 1 heterocycles. The largest absolute Gasteiger partial charge is 0.489 e. The molecule has 3 heteroatoms. The Morgan fingerprint density at radius 2 is 2.05 bits per heavy atom. The minimum atomic E-state index is 0.538. The molecule has 0 radical (unpaired) electrons. The Morgan fingerprint density at radius 3 is 2.81 bits per heavy atom. The topological polar surface area (TPSA) is 24.5 Å². The summed E-state index contributed by atoms with van der Waals surface area (Å²) < 4.78 is 5.89. The van der Waals surface area contributed by atoms with E-state index in [0.717, 1.165) is 31.1 Å². The highest BCUT2D eigenvalue weighted by molar-refractivity contribution is 5.61. The molecule has 0 aromatic heterocycles. The maximum Gasteiger partial charge on any atom is 0.146 e. The Bertz CT molecular complexity index is 488. The molecule has 3 rings (SSSR count). The van der Waals surface area contributed by atoms with Gasteiger partial charge in [-0.15, -0.1) is 0 Å². The lowest BCUT2D eigenvalue weighted by atomic mass is 9.75. The van der Waals surface area contributed by atoms with Crippen LogP contribution in [0.5, 0.6) is 5.75 Å². The van der Waals surface area contributed by atoms with Crippen LogP contribution in [-0.4, -0.2) is 31.1 Å². The summed E-state index contributed by atoms with van der Waals surface area (Å²) in [6.07, 6.45) is 5.31. The van der Waals surface area contributed by atoms with Crippen molar-refractivity contribution in [1.29, 1.82) is 0 Å². The van der Waals surface area contributed by atoms with Crippen LogP contribution in [0.25, 0.3) is 0 Å². The second-order valence-electron chi connectivity index (χ2n) is 7.38. The van der Waals surface area contributed by atoms with Crippen LogP contribution < -0.4 is 10.1 Å². The van der Waals surface area contributed by atoms with Gasteiger partial charge in [0.1, 0.15) is 12.4 Å². The molecule has 2 aliphatic rings. The number of para-hydroxylation sites is 1. The standard InChI is InChI=1S/C18H28N2O/c1-18(2)9-7-15(8-10-18)20(3)13-14-5-4-6-16-17(14)21-12-11-19-16/h4-6,15,19H,7-13H2,1-3H3. The fraction of sp³-hybridized carbons (Fsp3) is 0.667. The van der Waals surface area contributed by atoms with E-state index in [2.05, 4.69) is 49.3 Å². The van der Waals surface area contributed by atoms with Crippen molar-refractivity contribution in [2.45, 2.75) is 52.1 Å². The van der Waals surface area contributed by atoms with E-state index in [1.165, 1.54) is 31.2 Å². The van der Waals surface area contributed by atoms with E-state index in [1.807, 2.05) is 0 Å². The third-order valence-corrected chi connectivity index (χ3v) is 5.11. The highest BCUT2D eigenvalue weighted by Gasteiger charge is 2.29. The van der Waals surface area contributed by atoms with Gasteiger partial charge in [-0.3, -0.25) is 4.90 Å². The second-order valence-corrected chi connectivity index (χ2v) is 7.38. The fourth-order valence-electron chi connectivity index (χ4n) is 3.58. The Hall–Kier alpha value is -1.22. The van der Waals surface area contributed by atoms with Crippen molar-refractivity contribution in [3.63, 3.8) is 0 Å². The summed E-state index contributed by atoms with van der Waals surface area (Å²) >= 11 is 0. The smallest absolute Gasteiger partial charge is 0.146 e. The van der Waals surface area contributed by atoms with Crippen molar-refractivity contribution in [2.24, 2.45) is 5.41 Å². The Balaban J connectivity index is 1.67. The van der Waals surface area contributed by atoms with Crippen molar-refractivity contribution in [3.8, 4) is 5.75 Å². The van der Waals surface area contributed by atoms with Gasteiger partial charge in [-0.25, -0.2) is 0 Å². The Kier molecular flexibility index (Phi) is 4.12. The normalized spacial score (nSPS) is 21.5. The van der Waals surface area contributed by atoms with Gasteiger partial charge in [-0.05, 0) is 44.2 Å². The van der Waals surface area contributed by atoms with Crippen LogP contribution in [0.1, 0.15) is 45.1 Å². The Morgan fingerprint density at radius 1 is 1.29 bits per heavy atom. The first-order valence-electron chi connectivity index (χ1n) is 8.24. The number of hydrogen-bond acceptors (Lipinski definition) is 3. The molecular formula is C18H28N2O. The zero-order valence-electron chi connectivity index (χ0n) is 13.6. The lowest BCUT2D eigenvalue weighted by Crippen LogP contribution is -2.37. The van der Waals surface area contributed by atoms with E-state index in [4.69, 9.17) is 4.74 Å². The predicted octanol–water partition coefficient (Wildman–Crippen LogP) is 3.89. The molecule has 0 bridgehead atoms. The van der Waals surface area contributed by atoms with Gasteiger partial charge in [0.2, 0.25) is 0 Å². The molecule has 1 fully saturated rings. The van der Waals surface area contributed by atoms with Crippen molar-refractivity contribution >= 4 is 5.69 Å². The molecule has 0 atom stereocenters. The summed E-state index contributed by atoms with van der Waals surface area (Å²) in [6.45, 7) is 7.46. The van der Waals surface area contributed by atoms with Crippen LogP contribution in [0, 0.1) is 5.41 Å². The molecule has 1 aromatic carbocycles. The summed E-state index contributed by atoms with van der Waals surface area (Å²) in [5.74, 6) is 1.06. The van der Waals surface area contributed by atoms with Crippen molar-refractivity contribution in [1.82, 2.24) is 4.90 Å². The summed E-state index contributed by atoms with van der Waals surface area (Å²) in [5, 5.41) is 3.42. The fourth-order valence-corrected chi connectivity index (χ4v) is 3.58. The van der Waals surface area contributed by atoms with E-state index >= 15 is 0 Å². The highest BCUT2D eigenvalue weighted by atomic mass is 16.5. The van der Waals surface area contributed by atoms with E-state index in [1.54, 1.807) is 0 Å². The quantitative estimate of drug-likeness (QED) is 0.913. The number of ether oxygens (including phenoxy) is 1. The Labute approximate surface area is 128 Å². The van der Waals surface area contributed by atoms with Crippen LogP contribution in [-0.2, 0) is 6.54 Å². The van der Waals surface area contributed by atoms with E-state index in [-0.39, 0.29) is 0 Å². The maximum atomic E-state index is 5.89. The molecule has 0 saturated heterocycles. The number of nitrogens with one attached hydrogen (secondary N) is 1. The maximum absolute atomic E-state index is 5.89. The molecular weight excluding hydrogens is 260 g/mol. The molecule has 1 aliphatic carbocycles. The van der Waals surface area contributed by atoms with Gasteiger partial charge < -0.3 is 10.1 Å². The first kappa shape index (κ1) is 14.7. The number of rotatable bonds is 3. The third kappa shape index (κ3) is 3.34. The van der Waals surface area contributed by atoms with Crippen molar-refractivity contribution < 1.29 is 4.74 Å². The minimum absolute atomic E-state index is 0.538. The number of benzene rings is 1. The van der Waals surface area contributed by atoms with Gasteiger partial charge in [0.25, 0.3) is 0 Å². The van der Waals surface area contributed by atoms with Crippen LogP contribution in [0.2, 0.25) is 0 Å². The SMILES string of the molecule is CN(Cc1cccc2c1OCCN2)C1CCC(C)(C)CC1. The molecule has 21 heavy (non-hydrogen) atoms. The van der Waals surface area contributed by atoms with Crippen molar-refractivity contribution in [2.75, 3.05) is 25.5 Å². The molecule has 1 saturated carbocycles. The van der Waals surface area contributed by atoms with Gasteiger partial charge >= 0.3 is 0 Å². The van der Waals surface area contributed by atoms with Gasteiger partial charge in [-0.1, -0.05) is 26.0 Å². The van der Waals surface area contributed by atoms with Crippen LogP contribution >= 0.6 is 0 Å². The lowest BCUT2D eigenvalue weighted by Gasteiger charge is -2.39. The number of anilines is 1. The van der Waals surface area contributed by atoms with Gasteiger partial charge in [-0.2, -0.15) is 0 Å². The van der Waals surface area contributed by atoms with Crippen LogP contribution in [0.3, 0.4) is 0 Å². The van der Waals surface area contributed by atoms with Gasteiger partial charge in [0.05, 0.1) is 5.69 Å². The third-order valence-electron chi connectivity index (χ3n) is 5.11. The highest BCUT2D eigenvalue weighted by Crippen LogP contribution is 2.38. The van der Waals surface area contributed by atoms with E-state index in [0.29, 0.717) is 11.5 Å². The summed E-state index contributed by atoms with van der Waals surface area (Å²) in [7, 11) is 2.26. The molecule has 0 amide bonds. The van der Waals surface area contributed by atoms with Crippen LogP contribution in [0.4, 0.5) is 5.69 Å². The summed E-state index contributed by atoms with van der Waals surface area (Å²) in [5.41, 5.74) is 3.00. The second kappa shape index (κ2) is 5.88. The minimum Gasteiger partial charge on any atom is -0.489 e. The zero-order chi connectivity index (χ0) is 14.9. The molecule has 0 spiro atoms. The zero-order valence-corrected chi connectivity index (χ0v) is 13.6. The average Bonchev–Trinajstić information content (AvgIpc) is 2.47. The summed E-state index contributed by atoms with van der Waals surface area (Å²) in [6, 6.07) is 7.16.